The van der Waals surface area contributed by atoms with E-state index in [4.69, 9.17) is 0 Å². The minimum absolute atomic E-state index is 0. The second-order valence-electron chi connectivity index (χ2n) is 7.17. The van der Waals surface area contributed by atoms with Gasteiger partial charge in [0.1, 0.15) is 0 Å². The van der Waals surface area contributed by atoms with Gasteiger partial charge in [-0.25, -0.2) is 8.42 Å². The van der Waals surface area contributed by atoms with Gasteiger partial charge in [-0.05, 0) is 52.7 Å². The highest BCUT2D eigenvalue weighted by molar-refractivity contribution is 14.0. The normalized spacial score (nSPS) is 19.6. The number of hydrogen-bond acceptors (Lipinski definition) is 4. The Morgan fingerprint density at radius 2 is 1.80 bits per heavy atom. The molecule has 1 N–H and O–H groups in total. The third-order valence-corrected chi connectivity index (χ3v) is 7.10. The Morgan fingerprint density at radius 1 is 1.20 bits per heavy atom. The molecule has 0 amide bonds. The third kappa shape index (κ3) is 7.58. The van der Waals surface area contributed by atoms with Crippen LogP contribution < -0.4 is 5.32 Å². The van der Waals surface area contributed by atoms with E-state index in [9.17, 15) is 8.42 Å². The van der Waals surface area contributed by atoms with E-state index in [0.717, 1.165) is 38.6 Å². The van der Waals surface area contributed by atoms with Crippen molar-refractivity contribution in [3.63, 3.8) is 0 Å². The number of nitrogens with zero attached hydrogens (tertiary/aromatic N) is 3. The van der Waals surface area contributed by atoms with Crippen molar-refractivity contribution in [1.29, 1.82) is 0 Å². The first-order valence-corrected chi connectivity index (χ1v) is 10.8. The van der Waals surface area contributed by atoms with Gasteiger partial charge in [0.25, 0.3) is 0 Å². The molecule has 0 saturated carbocycles. The van der Waals surface area contributed by atoms with Gasteiger partial charge in [-0.2, -0.15) is 0 Å². The first-order chi connectivity index (χ1) is 11.3. The van der Waals surface area contributed by atoms with Crippen LogP contribution in [-0.4, -0.2) is 81.0 Å². The fraction of sp³-hybridized carbons (Fsp3) is 0.941. The van der Waals surface area contributed by atoms with Crippen LogP contribution in [0, 0.1) is 0 Å². The number of hydrogen-bond donors (Lipinski definition) is 1. The summed E-state index contributed by atoms with van der Waals surface area (Å²) < 4.78 is 23.5. The maximum Gasteiger partial charge on any atom is 0.193 e. The Kier molecular flexibility index (Phi) is 11.5. The van der Waals surface area contributed by atoms with Gasteiger partial charge >= 0.3 is 0 Å². The minimum Gasteiger partial charge on any atom is -0.356 e. The standard InChI is InChI=1S/C17H36N4O2S.HI/c1-6-10-20(11-7-2)12-8-9-19-16(18-5)21-13-14-24(22,23)17(3,4)15-21;/h6-15H2,1-5H3,(H,18,19);1H. The topological polar surface area (TPSA) is 65.0 Å². The molecule has 1 aliphatic rings. The van der Waals surface area contributed by atoms with E-state index in [1.807, 2.05) is 0 Å². The molecule has 8 heteroatoms. The SMILES string of the molecule is CCCN(CCC)CCCNC(=NC)N1CCS(=O)(=O)C(C)(C)C1.I. The van der Waals surface area contributed by atoms with Crippen molar-refractivity contribution in [3.8, 4) is 0 Å². The lowest BCUT2D eigenvalue weighted by Gasteiger charge is -2.39. The molecule has 1 saturated heterocycles. The molecule has 6 nitrogen and oxygen atoms in total. The number of aliphatic imine (C=N–C) groups is 1. The molecule has 150 valence electrons. The third-order valence-electron chi connectivity index (χ3n) is 4.57. The Morgan fingerprint density at radius 3 is 2.28 bits per heavy atom. The van der Waals surface area contributed by atoms with Crippen molar-refractivity contribution in [2.24, 2.45) is 4.99 Å². The summed E-state index contributed by atoms with van der Waals surface area (Å²) in [6, 6.07) is 0. The second-order valence-corrected chi connectivity index (χ2v) is 9.91. The first kappa shape index (κ1) is 24.9. The fourth-order valence-electron chi connectivity index (χ4n) is 3.13. The monoisotopic (exact) mass is 488 g/mol. The molecule has 0 aromatic carbocycles. The molecule has 0 unspecified atom stereocenters. The summed E-state index contributed by atoms with van der Waals surface area (Å²) in [5, 5.41) is 3.40. The van der Waals surface area contributed by atoms with Gasteiger partial charge in [0, 0.05) is 26.7 Å². The van der Waals surface area contributed by atoms with Crippen LogP contribution in [0.25, 0.3) is 0 Å². The van der Waals surface area contributed by atoms with Crippen LogP contribution in [0.4, 0.5) is 0 Å². The summed E-state index contributed by atoms with van der Waals surface area (Å²) in [5.74, 6) is 1.01. The summed E-state index contributed by atoms with van der Waals surface area (Å²) in [6.07, 6.45) is 3.44. The van der Waals surface area contributed by atoms with E-state index in [1.165, 1.54) is 12.8 Å². The Labute approximate surface area is 171 Å². The molecule has 0 atom stereocenters. The van der Waals surface area contributed by atoms with Crippen LogP contribution in [0.1, 0.15) is 47.0 Å². The lowest BCUT2D eigenvalue weighted by atomic mass is 10.2. The molecule has 0 radical (unpaired) electrons. The maximum absolute atomic E-state index is 12.1. The summed E-state index contributed by atoms with van der Waals surface area (Å²) >= 11 is 0. The number of guanidine groups is 1. The molecule has 0 spiro atoms. The Balaban J connectivity index is 0.00000576. The summed E-state index contributed by atoms with van der Waals surface area (Å²) in [6.45, 7) is 13.3. The molecule has 1 aliphatic heterocycles. The first-order valence-electron chi connectivity index (χ1n) is 9.17. The molecule has 0 aromatic heterocycles. The van der Waals surface area contributed by atoms with E-state index in [2.05, 4.69) is 34.0 Å². The van der Waals surface area contributed by atoms with Crippen LogP contribution >= 0.6 is 24.0 Å². The summed E-state index contributed by atoms with van der Waals surface area (Å²) in [5.41, 5.74) is 0. The van der Waals surface area contributed by atoms with Crippen LogP contribution in [0.3, 0.4) is 0 Å². The van der Waals surface area contributed by atoms with Crippen LogP contribution in [0.2, 0.25) is 0 Å². The van der Waals surface area contributed by atoms with E-state index in [1.54, 1.807) is 20.9 Å². The van der Waals surface area contributed by atoms with E-state index < -0.39 is 14.6 Å². The van der Waals surface area contributed by atoms with Crippen molar-refractivity contribution in [1.82, 2.24) is 15.1 Å². The molecule has 0 bridgehead atoms. The lowest BCUT2D eigenvalue weighted by molar-refractivity contribution is 0.271. The van der Waals surface area contributed by atoms with Crippen LogP contribution in [0.15, 0.2) is 4.99 Å². The highest BCUT2D eigenvalue weighted by Crippen LogP contribution is 2.23. The average Bonchev–Trinajstić information content (AvgIpc) is 2.51. The minimum atomic E-state index is -3.02. The molecule has 1 heterocycles. The quantitative estimate of drug-likeness (QED) is 0.246. The van der Waals surface area contributed by atoms with Crippen LogP contribution in [0.5, 0.6) is 0 Å². The smallest absolute Gasteiger partial charge is 0.193 e. The van der Waals surface area contributed by atoms with Crippen molar-refractivity contribution in [2.75, 3.05) is 52.1 Å². The summed E-state index contributed by atoms with van der Waals surface area (Å²) in [7, 11) is -1.25. The number of nitrogens with one attached hydrogen (secondary N) is 1. The van der Waals surface area contributed by atoms with Crippen molar-refractivity contribution in [2.45, 2.75) is 51.7 Å². The Bertz CT molecular complexity index is 503. The predicted molar refractivity (Wildman–Crippen MR) is 118 cm³/mol. The predicted octanol–water partition coefficient (Wildman–Crippen LogP) is 2.20. The van der Waals surface area contributed by atoms with E-state index in [0.29, 0.717) is 13.1 Å². The molecule has 0 aliphatic carbocycles. The van der Waals surface area contributed by atoms with Crippen molar-refractivity contribution in [3.05, 3.63) is 0 Å². The maximum atomic E-state index is 12.1. The Hall–Kier alpha value is -0.0900. The van der Waals surface area contributed by atoms with Gasteiger partial charge in [-0.15, -0.1) is 24.0 Å². The largest absolute Gasteiger partial charge is 0.356 e. The second kappa shape index (κ2) is 11.6. The van der Waals surface area contributed by atoms with E-state index in [-0.39, 0.29) is 29.7 Å². The lowest BCUT2D eigenvalue weighted by Crippen LogP contribution is -2.57. The van der Waals surface area contributed by atoms with E-state index >= 15 is 0 Å². The van der Waals surface area contributed by atoms with Gasteiger partial charge in [-0.1, -0.05) is 13.8 Å². The molecule has 25 heavy (non-hydrogen) atoms. The van der Waals surface area contributed by atoms with Gasteiger partial charge in [-0.3, -0.25) is 4.99 Å². The van der Waals surface area contributed by atoms with Gasteiger partial charge < -0.3 is 15.1 Å². The highest BCUT2D eigenvalue weighted by atomic mass is 127. The molecule has 1 fully saturated rings. The average molecular weight is 488 g/mol. The summed E-state index contributed by atoms with van der Waals surface area (Å²) in [4.78, 5) is 8.90. The molecule has 0 aromatic rings. The van der Waals surface area contributed by atoms with Gasteiger partial charge in [0.2, 0.25) is 0 Å². The molecular formula is C17H37IN4O2S. The zero-order valence-corrected chi connectivity index (χ0v) is 19.7. The zero-order chi connectivity index (χ0) is 18.2. The number of sulfone groups is 1. The molecular weight excluding hydrogens is 451 g/mol. The number of halogens is 1. The van der Waals surface area contributed by atoms with Crippen LogP contribution in [-0.2, 0) is 9.84 Å². The van der Waals surface area contributed by atoms with Crippen molar-refractivity contribution >= 4 is 39.8 Å². The van der Waals surface area contributed by atoms with Gasteiger partial charge in [0.05, 0.1) is 10.5 Å². The highest BCUT2D eigenvalue weighted by Gasteiger charge is 2.40. The fourth-order valence-corrected chi connectivity index (χ4v) is 4.49. The zero-order valence-electron chi connectivity index (χ0n) is 16.5. The van der Waals surface area contributed by atoms with Crippen molar-refractivity contribution < 1.29 is 8.42 Å². The number of rotatable bonds is 8. The molecule has 1 rings (SSSR count). The van der Waals surface area contributed by atoms with Gasteiger partial charge in [0.15, 0.2) is 15.8 Å².